The number of aryl methyl sites for hydroxylation is 3. The molecule has 0 spiro atoms. The number of fused-ring (bicyclic) bond motifs is 1. The van der Waals surface area contributed by atoms with E-state index >= 15 is 0 Å². The number of unbranched alkanes of at least 4 members (excludes halogenated alkanes) is 1. The Morgan fingerprint density at radius 3 is 2.59 bits per heavy atom. The summed E-state index contributed by atoms with van der Waals surface area (Å²) in [5, 5.41) is 9.26. The molecule has 0 bridgehead atoms. The lowest BCUT2D eigenvalue weighted by Crippen LogP contribution is -2.31. The third kappa shape index (κ3) is 5.12. The van der Waals surface area contributed by atoms with E-state index in [4.69, 9.17) is 5.73 Å². The summed E-state index contributed by atoms with van der Waals surface area (Å²) in [5.74, 6) is 1.80. The van der Waals surface area contributed by atoms with E-state index in [9.17, 15) is 14.4 Å². The van der Waals surface area contributed by atoms with Gasteiger partial charge in [0.25, 0.3) is 5.56 Å². The Morgan fingerprint density at radius 1 is 1.19 bits per heavy atom. The number of thioether (sulfide) groups is 1. The summed E-state index contributed by atoms with van der Waals surface area (Å²) in [5.41, 5.74) is 5.18. The Kier molecular flexibility index (Phi) is 7.54. The third-order valence-corrected chi connectivity index (χ3v) is 6.07. The Morgan fingerprint density at radius 2 is 1.94 bits per heavy atom. The molecule has 0 radical (unpaired) electrons. The van der Waals surface area contributed by atoms with Gasteiger partial charge in [0.15, 0.2) is 16.3 Å². The minimum Gasteiger partial charge on any atom is -0.370 e. The second kappa shape index (κ2) is 10.2. The van der Waals surface area contributed by atoms with Crippen LogP contribution in [0.2, 0.25) is 0 Å². The maximum absolute atomic E-state index is 12.4. The van der Waals surface area contributed by atoms with Gasteiger partial charge in [-0.25, -0.2) is 9.78 Å². The number of carbonyl (C=O) groups is 1. The van der Waals surface area contributed by atoms with Crippen LogP contribution < -0.4 is 17.0 Å². The van der Waals surface area contributed by atoms with Gasteiger partial charge in [-0.05, 0) is 12.3 Å². The fourth-order valence-corrected chi connectivity index (χ4v) is 4.42. The number of H-pyrrole nitrogens is 1. The van der Waals surface area contributed by atoms with E-state index in [1.54, 1.807) is 11.6 Å². The molecule has 3 aromatic heterocycles. The maximum Gasteiger partial charge on any atom is 0.330 e. The largest absolute Gasteiger partial charge is 0.370 e. The highest BCUT2D eigenvalue weighted by atomic mass is 32.2. The average Bonchev–Trinajstić information content (AvgIpc) is 3.25. The highest BCUT2D eigenvalue weighted by Gasteiger charge is 2.19. The van der Waals surface area contributed by atoms with Crippen LogP contribution in [-0.2, 0) is 37.1 Å². The van der Waals surface area contributed by atoms with Crippen LogP contribution in [-0.4, -0.2) is 39.8 Å². The SMILES string of the molecule is CCCCn1c(=O)[nH]c(=O)c2c1nc(CSc1nnc(CCC(N)=O)n1CC(C)C)n2C. The molecule has 3 heterocycles. The quantitative estimate of drug-likeness (QED) is 0.407. The minimum absolute atomic E-state index is 0.212. The van der Waals surface area contributed by atoms with E-state index in [2.05, 4.69) is 34.0 Å². The number of nitrogens with one attached hydrogen (secondary N) is 1. The first-order chi connectivity index (χ1) is 15.2. The van der Waals surface area contributed by atoms with Crippen molar-refractivity contribution >= 4 is 28.8 Å². The molecular weight excluding hydrogens is 432 g/mol. The molecule has 12 heteroatoms. The second-order valence-electron chi connectivity index (χ2n) is 8.18. The van der Waals surface area contributed by atoms with Crippen molar-refractivity contribution in [1.82, 2.24) is 33.9 Å². The fourth-order valence-electron chi connectivity index (χ4n) is 3.47. The molecule has 0 saturated carbocycles. The van der Waals surface area contributed by atoms with Gasteiger partial charge in [0.1, 0.15) is 11.6 Å². The summed E-state index contributed by atoms with van der Waals surface area (Å²) in [6, 6.07) is 0. The molecule has 3 rings (SSSR count). The van der Waals surface area contributed by atoms with Crippen molar-refractivity contribution in [2.45, 2.75) is 70.5 Å². The number of nitrogens with two attached hydrogens (primary N) is 1. The first kappa shape index (κ1) is 23.8. The molecule has 0 fully saturated rings. The summed E-state index contributed by atoms with van der Waals surface area (Å²) in [6.07, 6.45) is 2.38. The van der Waals surface area contributed by atoms with E-state index in [1.807, 2.05) is 11.5 Å². The zero-order chi connectivity index (χ0) is 23.4. The third-order valence-electron chi connectivity index (χ3n) is 5.11. The highest BCUT2D eigenvalue weighted by Crippen LogP contribution is 2.24. The number of rotatable bonds is 11. The minimum atomic E-state index is -0.444. The standard InChI is InChI=1S/C20H30N8O3S/c1-5-6-9-27-17-16(18(30)23-19(27)31)26(4)15(22-17)11-32-20-25-24-14(8-7-13(21)29)28(20)10-12(2)3/h12H,5-11H2,1-4H3,(H2,21,29)(H,23,30,31). The van der Waals surface area contributed by atoms with Gasteiger partial charge in [-0.15, -0.1) is 10.2 Å². The van der Waals surface area contributed by atoms with Crippen molar-refractivity contribution in [3.05, 3.63) is 32.5 Å². The predicted octanol–water partition coefficient (Wildman–Crippen LogP) is 1.18. The van der Waals surface area contributed by atoms with E-state index < -0.39 is 11.2 Å². The highest BCUT2D eigenvalue weighted by molar-refractivity contribution is 7.98. The number of primary amides is 1. The van der Waals surface area contributed by atoms with E-state index in [-0.39, 0.29) is 12.3 Å². The first-order valence-electron chi connectivity index (χ1n) is 10.7. The molecule has 0 unspecified atom stereocenters. The molecule has 11 nitrogen and oxygen atoms in total. The van der Waals surface area contributed by atoms with Crippen molar-refractivity contribution in [2.24, 2.45) is 18.7 Å². The van der Waals surface area contributed by atoms with Gasteiger partial charge in [0.2, 0.25) is 5.91 Å². The Labute approximate surface area is 189 Å². The van der Waals surface area contributed by atoms with Crippen molar-refractivity contribution < 1.29 is 4.79 Å². The average molecular weight is 463 g/mol. The molecule has 174 valence electrons. The predicted molar refractivity (Wildman–Crippen MR) is 122 cm³/mol. The monoisotopic (exact) mass is 462 g/mol. The molecule has 0 atom stereocenters. The topological polar surface area (TPSA) is 146 Å². The lowest BCUT2D eigenvalue weighted by Gasteiger charge is -2.12. The molecule has 1 amide bonds. The number of hydrogen-bond acceptors (Lipinski definition) is 7. The summed E-state index contributed by atoms with van der Waals surface area (Å²) in [7, 11) is 1.77. The normalized spacial score (nSPS) is 11.7. The van der Waals surface area contributed by atoms with Gasteiger partial charge < -0.3 is 14.9 Å². The van der Waals surface area contributed by atoms with Crippen LogP contribution in [0.3, 0.4) is 0 Å². The smallest absolute Gasteiger partial charge is 0.330 e. The molecule has 0 aliphatic heterocycles. The second-order valence-corrected chi connectivity index (χ2v) is 9.12. The van der Waals surface area contributed by atoms with Crippen LogP contribution in [0.5, 0.6) is 0 Å². The number of amides is 1. The molecule has 0 aromatic carbocycles. The van der Waals surface area contributed by atoms with Crippen LogP contribution in [0.15, 0.2) is 14.7 Å². The number of hydrogen-bond donors (Lipinski definition) is 2. The number of aromatic nitrogens is 7. The van der Waals surface area contributed by atoms with Gasteiger partial charge in [-0.3, -0.25) is 19.1 Å². The molecule has 0 aliphatic rings. The van der Waals surface area contributed by atoms with E-state index in [0.29, 0.717) is 53.3 Å². The summed E-state index contributed by atoms with van der Waals surface area (Å²) >= 11 is 1.45. The first-order valence-corrected chi connectivity index (χ1v) is 11.7. The zero-order valence-electron chi connectivity index (χ0n) is 18.9. The summed E-state index contributed by atoms with van der Waals surface area (Å²) in [6.45, 7) is 7.44. The van der Waals surface area contributed by atoms with Gasteiger partial charge in [-0.2, -0.15) is 0 Å². The van der Waals surface area contributed by atoms with Crippen LogP contribution >= 0.6 is 11.8 Å². The Hall–Kier alpha value is -2.89. The number of imidazole rings is 1. The van der Waals surface area contributed by atoms with Crippen LogP contribution in [0, 0.1) is 5.92 Å². The van der Waals surface area contributed by atoms with E-state index in [1.165, 1.54) is 16.3 Å². The van der Waals surface area contributed by atoms with Crippen molar-refractivity contribution in [3.63, 3.8) is 0 Å². The molecule has 3 aromatic rings. The van der Waals surface area contributed by atoms with E-state index in [0.717, 1.165) is 18.7 Å². The summed E-state index contributed by atoms with van der Waals surface area (Å²) < 4.78 is 5.25. The maximum atomic E-state index is 12.4. The van der Waals surface area contributed by atoms with Crippen molar-refractivity contribution in [2.75, 3.05) is 0 Å². The number of carbonyl (C=O) groups excluding carboxylic acids is 1. The lowest BCUT2D eigenvalue weighted by molar-refractivity contribution is -0.118. The fraction of sp³-hybridized carbons (Fsp3) is 0.600. The number of aromatic amines is 1. The van der Waals surface area contributed by atoms with Crippen LogP contribution in [0.4, 0.5) is 0 Å². The molecular formula is C20H30N8O3S. The molecule has 0 saturated heterocycles. The molecule has 0 aliphatic carbocycles. The van der Waals surface area contributed by atoms with Crippen molar-refractivity contribution in [3.8, 4) is 0 Å². The Bertz CT molecular complexity index is 1220. The number of nitrogens with zero attached hydrogens (tertiary/aromatic N) is 6. The molecule has 3 N–H and O–H groups in total. The van der Waals surface area contributed by atoms with Gasteiger partial charge in [0, 0.05) is 33.0 Å². The lowest BCUT2D eigenvalue weighted by atomic mass is 10.2. The van der Waals surface area contributed by atoms with Crippen LogP contribution in [0.25, 0.3) is 11.2 Å². The van der Waals surface area contributed by atoms with Crippen molar-refractivity contribution in [1.29, 1.82) is 0 Å². The zero-order valence-corrected chi connectivity index (χ0v) is 19.7. The van der Waals surface area contributed by atoms with Gasteiger partial charge in [0.05, 0.1) is 5.75 Å². The Balaban J connectivity index is 1.91. The van der Waals surface area contributed by atoms with Crippen LogP contribution in [0.1, 0.15) is 51.7 Å². The van der Waals surface area contributed by atoms with Gasteiger partial charge >= 0.3 is 5.69 Å². The van der Waals surface area contributed by atoms with Gasteiger partial charge in [-0.1, -0.05) is 39.0 Å². The molecule has 32 heavy (non-hydrogen) atoms. The summed E-state index contributed by atoms with van der Waals surface area (Å²) in [4.78, 5) is 43.0.